The van der Waals surface area contributed by atoms with Crippen LogP contribution in [0.1, 0.15) is 6.42 Å². The standard InChI is InChI=1S/C9H13ClN2O2/c1-2-5-11-7-8(13)12(9(11)14)6-3-4-10/h2,7,13H,1,3-6H2. The number of rotatable bonds is 5. The summed E-state index contributed by atoms with van der Waals surface area (Å²) in [5.41, 5.74) is -0.229. The molecule has 0 aliphatic heterocycles. The lowest BCUT2D eigenvalue weighted by Crippen LogP contribution is -2.23. The minimum Gasteiger partial charge on any atom is -0.493 e. The van der Waals surface area contributed by atoms with Crippen molar-refractivity contribution >= 4 is 11.6 Å². The van der Waals surface area contributed by atoms with E-state index in [0.717, 1.165) is 0 Å². The summed E-state index contributed by atoms with van der Waals surface area (Å²) in [5, 5.41) is 9.43. The molecular formula is C9H13ClN2O2. The van der Waals surface area contributed by atoms with Crippen LogP contribution in [0.25, 0.3) is 0 Å². The van der Waals surface area contributed by atoms with Gasteiger partial charge in [-0.15, -0.1) is 18.2 Å². The smallest absolute Gasteiger partial charge is 0.331 e. The molecule has 14 heavy (non-hydrogen) atoms. The van der Waals surface area contributed by atoms with E-state index in [1.54, 1.807) is 6.08 Å². The Balaban J connectivity index is 2.93. The topological polar surface area (TPSA) is 47.2 Å². The maximum absolute atomic E-state index is 11.6. The molecule has 1 aromatic rings. The molecule has 0 radical (unpaired) electrons. The number of imidazole rings is 1. The van der Waals surface area contributed by atoms with E-state index in [2.05, 4.69) is 6.58 Å². The zero-order chi connectivity index (χ0) is 10.6. The van der Waals surface area contributed by atoms with Crippen LogP contribution in [-0.4, -0.2) is 20.1 Å². The molecule has 4 nitrogen and oxygen atoms in total. The van der Waals surface area contributed by atoms with Gasteiger partial charge in [0.25, 0.3) is 0 Å². The fourth-order valence-corrected chi connectivity index (χ4v) is 1.33. The Bertz CT molecular complexity index is 367. The maximum Gasteiger partial charge on any atom is 0.331 e. The van der Waals surface area contributed by atoms with E-state index in [1.165, 1.54) is 15.3 Å². The van der Waals surface area contributed by atoms with Crippen molar-refractivity contribution in [1.82, 2.24) is 9.13 Å². The van der Waals surface area contributed by atoms with Crippen LogP contribution in [0.15, 0.2) is 23.6 Å². The molecule has 0 saturated heterocycles. The predicted molar refractivity (Wildman–Crippen MR) is 55.9 cm³/mol. The van der Waals surface area contributed by atoms with Crippen molar-refractivity contribution in [2.45, 2.75) is 19.5 Å². The lowest BCUT2D eigenvalue weighted by Gasteiger charge is -1.99. The molecule has 5 heteroatoms. The second-order valence-corrected chi connectivity index (χ2v) is 3.28. The third kappa shape index (κ3) is 2.20. The van der Waals surface area contributed by atoms with E-state index >= 15 is 0 Å². The highest BCUT2D eigenvalue weighted by atomic mass is 35.5. The monoisotopic (exact) mass is 216 g/mol. The zero-order valence-corrected chi connectivity index (χ0v) is 8.57. The van der Waals surface area contributed by atoms with E-state index in [9.17, 15) is 9.90 Å². The van der Waals surface area contributed by atoms with Gasteiger partial charge in [-0.1, -0.05) is 6.08 Å². The minimum absolute atomic E-state index is 0.0260. The van der Waals surface area contributed by atoms with Crippen molar-refractivity contribution < 1.29 is 5.11 Å². The number of halogens is 1. The van der Waals surface area contributed by atoms with Crippen molar-refractivity contribution in [1.29, 1.82) is 0 Å². The zero-order valence-electron chi connectivity index (χ0n) is 7.82. The Hall–Kier alpha value is -1.16. The van der Waals surface area contributed by atoms with Crippen LogP contribution in [0.3, 0.4) is 0 Å². The lowest BCUT2D eigenvalue weighted by molar-refractivity contribution is 0.412. The third-order valence-corrected chi connectivity index (χ3v) is 2.13. The summed E-state index contributed by atoms with van der Waals surface area (Å²) in [4.78, 5) is 11.6. The molecule has 0 atom stereocenters. The first-order valence-electron chi connectivity index (χ1n) is 4.36. The number of aromatic nitrogens is 2. The molecule has 0 aromatic carbocycles. The lowest BCUT2D eigenvalue weighted by atomic mass is 10.5. The summed E-state index contributed by atoms with van der Waals surface area (Å²) in [6.07, 6.45) is 3.66. The molecule has 1 heterocycles. The fourth-order valence-electron chi connectivity index (χ4n) is 1.22. The molecule has 0 aliphatic rings. The largest absolute Gasteiger partial charge is 0.493 e. The van der Waals surface area contributed by atoms with Gasteiger partial charge < -0.3 is 5.11 Å². The average molecular weight is 217 g/mol. The average Bonchev–Trinajstić information content (AvgIpc) is 2.41. The highest BCUT2D eigenvalue weighted by molar-refractivity contribution is 6.17. The summed E-state index contributed by atoms with van der Waals surface area (Å²) < 4.78 is 2.70. The van der Waals surface area contributed by atoms with Crippen LogP contribution in [-0.2, 0) is 13.1 Å². The Morgan fingerprint density at radius 2 is 2.36 bits per heavy atom. The molecular weight excluding hydrogens is 204 g/mol. The van der Waals surface area contributed by atoms with Gasteiger partial charge in [0.15, 0.2) is 0 Å². The normalized spacial score (nSPS) is 10.4. The number of allylic oxidation sites excluding steroid dienone is 1. The molecule has 0 spiro atoms. The Morgan fingerprint density at radius 3 is 2.93 bits per heavy atom. The highest BCUT2D eigenvalue weighted by Gasteiger charge is 2.07. The molecule has 78 valence electrons. The molecule has 0 saturated carbocycles. The Labute approximate surface area is 87.0 Å². The van der Waals surface area contributed by atoms with E-state index in [1.807, 2.05) is 0 Å². The second-order valence-electron chi connectivity index (χ2n) is 2.91. The van der Waals surface area contributed by atoms with Crippen molar-refractivity contribution in [2.75, 3.05) is 5.88 Å². The summed E-state index contributed by atoms with van der Waals surface area (Å²) in [7, 11) is 0. The van der Waals surface area contributed by atoms with Crippen LogP contribution in [0.5, 0.6) is 5.88 Å². The third-order valence-electron chi connectivity index (χ3n) is 1.87. The SMILES string of the molecule is C=CCn1cc(O)n(CCCCl)c1=O. The van der Waals surface area contributed by atoms with Crippen molar-refractivity contribution in [2.24, 2.45) is 0 Å². The van der Waals surface area contributed by atoms with Gasteiger partial charge in [0.05, 0.1) is 6.20 Å². The first-order chi connectivity index (χ1) is 6.70. The predicted octanol–water partition coefficient (Wildman–Crippen LogP) is 1.17. The van der Waals surface area contributed by atoms with E-state index in [-0.39, 0.29) is 11.6 Å². The molecule has 1 rings (SSSR count). The van der Waals surface area contributed by atoms with Crippen molar-refractivity contribution in [3.63, 3.8) is 0 Å². The molecule has 1 N–H and O–H groups in total. The Morgan fingerprint density at radius 1 is 1.64 bits per heavy atom. The number of alkyl halides is 1. The van der Waals surface area contributed by atoms with Crippen LogP contribution < -0.4 is 5.69 Å². The first-order valence-corrected chi connectivity index (χ1v) is 4.90. The maximum atomic E-state index is 11.6. The second kappa shape index (κ2) is 4.91. The van der Waals surface area contributed by atoms with Gasteiger partial charge in [0, 0.05) is 19.0 Å². The number of hydrogen-bond donors (Lipinski definition) is 1. The first kappa shape index (κ1) is 10.9. The van der Waals surface area contributed by atoms with E-state index in [0.29, 0.717) is 25.4 Å². The van der Waals surface area contributed by atoms with Crippen LogP contribution in [0, 0.1) is 0 Å². The summed E-state index contributed by atoms with van der Waals surface area (Å²) in [6.45, 7) is 4.37. The van der Waals surface area contributed by atoms with Gasteiger partial charge in [-0.05, 0) is 6.42 Å². The van der Waals surface area contributed by atoms with Crippen LogP contribution in [0.2, 0.25) is 0 Å². The van der Waals surface area contributed by atoms with Gasteiger partial charge >= 0.3 is 5.69 Å². The molecule has 0 fully saturated rings. The Kier molecular flexibility index (Phi) is 3.83. The van der Waals surface area contributed by atoms with Gasteiger partial charge in [0.2, 0.25) is 5.88 Å². The van der Waals surface area contributed by atoms with Gasteiger partial charge in [-0.2, -0.15) is 0 Å². The summed E-state index contributed by atoms with van der Waals surface area (Å²) in [6, 6.07) is 0. The molecule has 0 aliphatic carbocycles. The van der Waals surface area contributed by atoms with Crippen LogP contribution >= 0.6 is 11.6 Å². The fraction of sp³-hybridized carbons (Fsp3) is 0.444. The highest BCUT2D eigenvalue weighted by Crippen LogP contribution is 2.06. The summed E-state index contributed by atoms with van der Waals surface area (Å²) in [5.74, 6) is 0.445. The van der Waals surface area contributed by atoms with E-state index in [4.69, 9.17) is 11.6 Å². The van der Waals surface area contributed by atoms with Crippen molar-refractivity contribution in [3.05, 3.63) is 29.3 Å². The number of nitrogens with zero attached hydrogens (tertiary/aromatic N) is 2. The number of aromatic hydroxyl groups is 1. The minimum atomic E-state index is -0.229. The molecule has 0 unspecified atom stereocenters. The van der Waals surface area contributed by atoms with Gasteiger partial charge in [-0.25, -0.2) is 4.79 Å². The van der Waals surface area contributed by atoms with Crippen LogP contribution in [0.4, 0.5) is 0 Å². The van der Waals surface area contributed by atoms with Gasteiger partial charge in [-0.3, -0.25) is 9.13 Å². The van der Waals surface area contributed by atoms with Crippen molar-refractivity contribution in [3.8, 4) is 5.88 Å². The molecule has 1 aromatic heterocycles. The quantitative estimate of drug-likeness (QED) is 0.593. The molecule has 0 bridgehead atoms. The van der Waals surface area contributed by atoms with E-state index < -0.39 is 0 Å². The molecule has 0 amide bonds. The summed E-state index contributed by atoms with van der Waals surface area (Å²) >= 11 is 5.50. The number of hydrogen-bond acceptors (Lipinski definition) is 2. The van der Waals surface area contributed by atoms with Gasteiger partial charge in [0.1, 0.15) is 0 Å².